The molecule has 6 aromatic heterocycles. The van der Waals surface area contributed by atoms with Gasteiger partial charge >= 0.3 is 0 Å². The molecule has 2 aliphatic heterocycles. The molecule has 0 spiro atoms. The van der Waals surface area contributed by atoms with E-state index in [0.29, 0.717) is 89.0 Å². The summed E-state index contributed by atoms with van der Waals surface area (Å²) in [5.74, 6) is -0.416. The van der Waals surface area contributed by atoms with Gasteiger partial charge in [0, 0.05) is 109 Å². The number of amides is 1. The van der Waals surface area contributed by atoms with Gasteiger partial charge < -0.3 is 35.6 Å². The molecule has 18 heteroatoms. The summed E-state index contributed by atoms with van der Waals surface area (Å²) in [4.78, 5) is 55.0. The monoisotopic (exact) mass is 979 g/mol. The maximum absolute atomic E-state index is 14.1. The minimum atomic E-state index is -0.366. The van der Waals surface area contributed by atoms with Crippen LogP contribution in [-0.2, 0) is 9.47 Å². The van der Waals surface area contributed by atoms with Gasteiger partial charge in [0.25, 0.3) is 5.91 Å². The van der Waals surface area contributed by atoms with Crippen molar-refractivity contribution in [1.29, 1.82) is 0 Å². The number of benzene rings is 2. The van der Waals surface area contributed by atoms with E-state index in [1.165, 1.54) is 24.3 Å². The van der Waals surface area contributed by atoms with Gasteiger partial charge in [-0.2, -0.15) is 0 Å². The number of nitrogens with zero attached hydrogens (tertiary/aromatic N) is 8. The second kappa shape index (κ2) is 22.8. The highest BCUT2D eigenvalue weighted by molar-refractivity contribution is 6.29. The maximum Gasteiger partial charge on any atom is 0.269 e. The summed E-state index contributed by atoms with van der Waals surface area (Å²) in [6, 6.07) is 27.4. The number of Topliss-reactive ketones (excluding diaryl/α,β-unsaturated/α-hetero) is 1. The molecular formula is C53H52ClF2N11O4. The Labute approximate surface area is 414 Å². The van der Waals surface area contributed by atoms with Crippen molar-refractivity contribution in [3.05, 3.63) is 149 Å². The zero-order chi connectivity index (χ0) is 50.0. The first-order chi connectivity index (χ1) is 34.4. The molecule has 15 nitrogen and oxygen atoms in total. The van der Waals surface area contributed by atoms with Crippen LogP contribution in [0.3, 0.4) is 0 Å². The fraction of sp³-hybridized carbons (Fsp3) is 0.245. The molecule has 0 atom stereocenters. The number of pyridine rings is 6. The number of halogens is 3. The summed E-state index contributed by atoms with van der Waals surface area (Å²) in [6.45, 7) is 11.4. The number of anilines is 5. The Kier molecular flexibility index (Phi) is 16.0. The van der Waals surface area contributed by atoms with Crippen molar-refractivity contribution in [3.63, 3.8) is 0 Å². The van der Waals surface area contributed by atoms with Crippen molar-refractivity contribution in [2.75, 3.05) is 80.5 Å². The molecule has 71 heavy (non-hydrogen) atoms. The maximum atomic E-state index is 14.1. The van der Waals surface area contributed by atoms with Crippen molar-refractivity contribution < 1.29 is 27.8 Å². The van der Waals surface area contributed by atoms with Crippen LogP contribution in [0, 0.1) is 25.5 Å². The molecule has 0 aliphatic carbocycles. The smallest absolute Gasteiger partial charge is 0.269 e. The van der Waals surface area contributed by atoms with Crippen LogP contribution < -0.4 is 26.2 Å². The number of ketones is 1. The normalized spacial score (nSPS) is 13.5. The van der Waals surface area contributed by atoms with Gasteiger partial charge in [-0.15, -0.1) is 0 Å². The van der Waals surface area contributed by atoms with E-state index in [0.717, 1.165) is 70.8 Å². The number of nitrogens with one attached hydrogen (secondary N) is 2. The van der Waals surface area contributed by atoms with E-state index in [4.69, 9.17) is 31.8 Å². The highest BCUT2D eigenvalue weighted by Crippen LogP contribution is 2.36. The van der Waals surface area contributed by atoms with E-state index in [1.54, 1.807) is 43.7 Å². The van der Waals surface area contributed by atoms with E-state index in [-0.39, 0.29) is 23.3 Å². The number of aromatic nitrogens is 6. The lowest BCUT2D eigenvalue weighted by atomic mass is 10.0. The largest absolute Gasteiger partial charge is 0.398 e. The van der Waals surface area contributed by atoms with Gasteiger partial charge in [-0.1, -0.05) is 30.7 Å². The second-order valence-electron chi connectivity index (χ2n) is 16.5. The molecule has 4 N–H and O–H groups in total. The van der Waals surface area contributed by atoms with E-state index < -0.39 is 0 Å². The van der Waals surface area contributed by atoms with Crippen LogP contribution in [0.1, 0.15) is 45.4 Å². The van der Waals surface area contributed by atoms with Crippen molar-refractivity contribution >= 4 is 73.7 Å². The molecule has 364 valence electrons. The van der Waals surface area contributed by atoms with E-state index >= 15 is 0 Å². The standard InChI is InChI=1S/C27H26FN5O2.C15H12FN3.C11H14ClN3O2/c1-3-24(34)23-15-19(33-10-12-35-13-11-33)16-25(30-23)32-26-17(2)27(21-6-4-5-9-29-21)31-22-14-18(28)7-8-20(22)26;1-9-14(17)11-6-5-10(16)8-13(11)19-15(9)12-4-2-3-7-18-12;1-13-11(16)9-6-8(7-10(12)14-9)15-2-4-17-5-3-15/h4-9,14-16H,3,10-13H2,1-2H3,(H,30,31,32);2-8H,1H3,(H2,17,19);6-7H,2-5H2,1H3,(H,13,16). The zero-order valence-corrected chi connectivity index (χ0v) is 40.4. The molecule has 2 aromatic carbocycles. The first kappa shape index (κ1) is 49.7. The average Bonchev–Trinajstić information content (AvgIpc) is 3.41. The Morgan fingerprint density at radius 1 is 0.676 bits per heavy atom. The summed E-state index contributed by atoms with van der Waals surface area (Å²) >= 11 is 5.92. The number of carbonyl (C=O) groups is 2. The molecule has 2 saturated heterocycles. The zero-order valence-electron chi connectivity index (χ0n) is 39.7. The quantitative estimate of drug-likeness (QED) is 0.0917. The van der Waals surface area contributed by atoms with Gasteiger partial charge in [0.15, 0.2) is 5.78 Å². The van der Waals surface area contributed by atoms with Crippen LogP contribution in [0.25, 0.3) is 44.6 Å². The highest BCUT2D eigenvalue weighted by atomic mass is 35.5. The number of ether oxygens (including phenoxy) is 2. The SMILES string of the molecule is CCC(=O)c1cc(N2CCOCC2)cc(Nc2c(C)c(-c3ccccn3)nc3cc(F)ccc23)n1.CNC(=O)c1cc(N2CCOCC2)cc(Cl)n1.Cc1c(-c2ccccn2)nc2cc(F)ccc2c1N. The van der Waals surface area contributed by atoms with Gasteiger partial charge in [-0.25, -0.2) is 28.7 Å². The number of rotatable bonds is 9. The van der Waals surface area contributed by atoms with Crippen molar-refractivity contribution in [1.82, 2.24) is 35.2 Å². The fourth-order valence-corrected chi connectivity index (χ4v) is 8.33. The van der Waals surface area contributed by atoms with Crippen molar-refractivity contribution in [3.8, 4) is 22.8 Å². The molecule has 10 rings (SSSR count). The van der Waals surface area contributed by atoms with Crippen LogP contribution in [-0.4, -0.2) is 101 Å². The van der Waals surface area contributed by atoms with E-state index in [9.17, 15) is 18.4 Å². The van der Waals surface area contributed by atoms with Crippen LogP contribution in [0.5, 0.6) is 0 Å². The number of hydrogen-bond acceptors (Lipinski definition) is 14. The third-order valence-electron chi connectivity index (χ3n) is 11.9. The van der Waals surface area contributed by atoms with Gasteiger partial charge in [0.2, 0.25) is 0 Å². The molecular weight excluding hydrogens is 928 g/mol. The van der Waals surface area contributed by atoms with Crippen LogP contribution in [0.4, 0.5) is 37.3 Å². The number of nitrogens with two attached hydrogens (primary N) is 1. The van der Waals surface area contributed by atoms with E-state index in [1.807, 2.05) is 69.3 Å². The summed E-state index contributed by atoms with van der Waals surface area (Å²) in [6.07, 6.45) is 3.76. The molecule has 1 amide bonds. The topological polar surface area (TPSA) is 186 Å². The van der Waals surface area contributed by atoms with Crippen molar-refractivity contribution in [2.24, 2.45) is 0 Å². The molecule has 8 aromatic rings. The van der Waals surface area contributed by atoms with Gasteiger partial charge in [0.1, 0.15) is 34.0 Å². The van der Waals surface area contributed by atoms with Crippen molar-refractivity contribution in [2.45, 2.75) is 27.2 Å². The molecule has 8 heterocycles. The number of fused-ring (bicyclic) bond motifs is 2. The lowest BCUT2D eigenvalue weighted by Gasteiger charge is -2.29. The Morgan fingerprint density at radius 2 is 1.21 bits per heavy atom. The highest BCUT2D eigenvalue weighted by Gasteiger charge is 2.20. The Hall–Kier alpha value is -7.73. The van der Waals surface area contributed by atoms with Crippen LogP contribution >= 0.6 is 11.6 Å². The minimum absolute atomic E-state index is 0.0317. The first-order valence-electron chi connectivity index (χ1n) is 23.1. The van der Waals surface area contributed by atoms with Gasteiger partial charge in [0.05, 0.1) is 65.9 Å². The summed E-state index contributed by atoms with van der Waals surface area (Å²) < 4.78 is 38.2. The van der Waals surface area contributed by atoms with Gasteiger partial charge in [-0.3, -0.25) is 19.6 Å². The minimum Gasteiger partial charge on any atom is -0.398 e. The lowest BCUT2D eigenvalue weighted by Crippen LogP contribution is -2.36. The summed E-state index contributed by atoms with van der Waals surface area (Å²) in [5, 5.41) is 7.81. The molecule has 2 aliphatic rings. The second-order valence-corrected chi connectivity index (χ2v) is 16.9. The molecule has 0 radical (unpaired) electrons. The van der Waals surface area contributed by atoms with Gasteiger partial charge in [-0.05, 0) is 80.6 Å². The third kappa shape index (κ3) is 11.8. The number of hydrogen-bond donors (Lipinski definition) is 3. The molecule has 0 saturated carbocycles. The Bertz CT molecular complexity index is 3200. The Balaban J connectivity index is 0.000000158. The summed E-state index contributed by atoms with van der Waals surface area (Å²) in [7, 11) is 1.57. The van der Waals surface area contributed by atoms with E-state index in [2.05, 4.69) is 45.4 Å². The fourth-order valence-electron chi connectivity index (χ4n) is 8.13. The van der Waals surface area contributed by atoms with Crippen LogP contribution in [0.15, 0.2) is 109 Å². The predicted octanol–water partition coefficient (Wildman–Crippen LogP) is 9.57. The number of carbonyl (C=O) groups excluding carboxylic acids is 2. The summed E-state index contributed by atoms with van der Waals surface area (Å²) in [5.41, 5.74) is 15.6. The first-order valence-corrected chi connectivity index (χ1v) is 23.4. The number of nitrogen functional groups attached to an aromatic ring is 1. The molecule has 0 bridgehead atoms. The van der Waals surface area contributed by atoms with Crippen LogP contribution in [0.2, 0.25) is 5.15 Å². The number of morpholine rings is 2. The predicted molar refractivity (Wildman–Crippen MR) is 275 cm³/mol. The lowest BCUT2D eigenvalue weighted by molar-refractivity contribution is 0.0956. The molecule has 2 fully saturated rings. The molecule has 0 unspecified atom stereocenters. The average molecular weight is 981 g/mol. The third-order valence-corrected chi connectivity index (χ3v) is 12.1. The Morgan fingerprint density at radius 3 is 1.76 bits per heavy atom.